The Balaban J connectivity index is 3.33. The zero-order valence-electron chi connectivity index (χ0n) is 9.71. The van der Waals surface area contributed by atoms with Crippen molar-refractivity contribution in [3.8, 4) is 0 Å². The number of halogens is 11. The first kappa shape index (κ1) is 18.5. The summed E-state index contributed by atoms with van der Waals surface area (Å²) in [6, 6.07) is 0.605. The highest BCUT2D eigenvalue weighted by Gasteiger charge is 2.79. The fourth-order valence-electron chi connectivity index (χ4n) is 1.12. The minimum atomic E-state index is -7.09. The molecule has 13 heteroatoms. The molecule has 0 aliphatic carbocycles. The minimum Gasteiger partial charge on any atom is -0.463 e. The Morgan fingerprint density at radius 1 is 0.773 bits per heavy atom. The van der Waals surface area contributed by atoms with Gasteiger partial charge in [-0.25, -0.2) is 0 Å². The maximum absolute atomic E-state index is 13.7. The van der Waals surface area contributed by atoms with Gasteiger partial charge >= 0.3 is 30.2 Å². The Morgan fingerprint density at radius 3 is 1.59 bits per heavy atom. The van der Waals surface area contributed by atoms with Gasteiger partial charge in [0.05, 0.1) is 6.26 Å². The van der Waals surface area contributed by atoms with E-state index in [0.717, 1.165) is 0 Å². The predicted octanol–water partition coefficient (Wildman–Crippen LogP) is 4.77. The zero-order chi connectivity index (χ0) is 17.6. The maximum Gasteiger partial charge on any atom is 0.462 e. The number of alkyl halides is 11. The highest BCUT2D eigenvalue weighted by Crippen LogP contribution is 2.53. The molecule has 0 radical (unpaired) electrons. The van der Waals surface area contributed by atoms with Gasteiger partial charge in [-0.15, -0.1) is 0 Å². The van der Waals surface area contributed by atoms with Crippen LogP contribution in [0.2, 0.25) is 0 Å². The Bertz CT molecular complexity index is 501. The molecule has 1 aromatic heterocycles. The van der Waals surface area contributed by atoms with E-state index in [2.05, 4.69) is 9.15 Å². The molecule has 0 N–H and O–H groups in total. The van der Waals surface area contributed by atoms with E-state index in [1.54, 1.807) is 0 Å². The fraction of sp³-hybridized carbons (Fsp3) is 0.556. The molecule has 2 nitrogen and oxygen atoms in total. The number of hydrogen-bond donors (Lipinski definition) is 0. The second kappa shape index (κ2) is 4.99. The molecule has 1 heterocycles. The molecule has 0 aliphatic heterocycles. The van der Waals surface area contributed by atoms with Crippen LogP contribution in [0.15, 0.2) is 22.8 Å². The van der Waals surface area contributed by atoms with Crippen molar-refractivity contribution in [1.29, 1.82) is 0 Å². The van der Waals surface area contributed by atoms with Gasteiger partial charge in [-0.3, -0.25) is 4.74 Å². The summed E-state index contributed by atoms with van der Waals surface area (Å²) in [5.41, 5.74) is 0. The Morgan fingerprint density at radius 2 is 1.27 bits per heavy atom. The largest absolute Gasteiger partial charge is 0.463 e. The van der Waals surface area contributed by atoms with Crippen LogP contribution in [0.4, 0.5) is 48.3 Å². The molecule has 0 bridgehead atoms. The standard InChI is InChI=1S/C9H3F11O2/c10-5(7(13,14)15,4-2-1-3-21-4)22-9(19,20)6(11,12)8(16,17)18/h1-3H. The van der Waals surface area contributed by atoms with Gasteiger partial charge in [-0.1, -0.05) is 0 Å². The number of furan rings is 1. The summed E-state index contributed by atoms with van der Waals surface area (Å²) in [6.45, 7) is 0. The van der Waals surface area contributed by atoms with Crippen molar-refractivity contribution < 1.29 is 57.4 Å². The van der Waals surface area contributed by atoms with E-state index in [1.165, 1.54) is 0 Å². The number of rotatable bonds is 4. The number of ether oxygens (including phenoxy) is 1. The molecule has 1 atom stereocenters. The average Bonchev–Trinajstić information content (AvgIpc) is 2.78. The Labute approximate surface area is 113 Å². The van der Waals surface area contributed by atoms with Crippen LogP contribution in [0.1, 0.15) is 5.76 Å². The van der Waals surface area contributed by atoms with Gasteiger partial charge in [-0.05, 0) is 12.1 Å². The predicted molar refractivity (Wildman–Crippen MR) is 44.6 cm³/mol. The van der Waals surface area contributed by atoms with Crippen molar-refractivity contribution in [2.24, 2.45) is 0 Å². The lowest BCUT2D eigenvalue weighted by Gasteiger charge is -2.33. The third kappa shape index (κ3) is 2.85. The molecule has 0 fully saturated rings. The van der Waals surface area contributed by atoms with Crippen LogP contribution in [0, 0.1) is 0 Å². The first-order valence-corrected chi connectivity index (χ1v) is 4.88. The van der Waals surface area contributed by atoms with Crippen LogP contribution in [-0.4, -0.2) is 24.4 Å². The fourth-order valence-corrected chi connectivity index (χ4v) is 1.12. The second-order valence-electron chi connectivity index (χ2n) is 3.76. The molecule has 0 aromatic carbocycles. The van der Waals surface area contributed by atoms with Crippen LogP contribution in [-0.2, 0) is 10.6 Å². The molecule has 0 spiro atoms. The van der Waals surface area contributed by atoms with Gasteiger partial charge in [0.25, 0.3) is 0 Å². The van der Waals surface area contributed by atoms with Gasteiger partial charge in [0, 0.05) is 0 Å². The summed E-state index contributed by atoms with van der Waals surface area (Å²) in [5, 5.41) is 0. The highest BCUT2D eigenvalue weighted by molar-refractivity contribution is 5.09. The molecular formula is C9H3F11O2. The molecule has 0 saturated carbocycles. The first-order valence-electron chi connectivity index (χ1n) is 4.88. The van der Waals surface area contributed by atoms with Crippen LogP contribution in [0.25, 0.3) is 0 Å². The van der Waals surface area contributed by atoms with Crippen molar-refractivity contribution in [2.45, 2.75) is 30.2 Å². The molecule has 0 amide bonds. The topological polar surface area (TPSA) is 22.4 Å². The Kier molecular flexibility index (Phi) is 4.20. The molecule has 1 unspecified atom stereocenters. The van der Waals surface area contributed by atoms with Crippen LogP contribution in [0.5, 0.6) is 0 Å². The Hall–Kier alpha value is -1.53. The minimum absolute atomic E-state index is 0.0648. The molecule has 1 aromatic rings. The SMILES string of the molecule is FC(F)(F)C(F)(OC(F)(F)C(F)(F)C(F)(F)F)c1ccco1. The van der Waals surface area contributed by atoms with Gasteiger partial charge < -0.3 is 4.42 Å². The van der Waals surface area contributed by atoms with Gasteiger partial charge in [0.1, 0.15) is 0 Å². The molecule has 22 heavy (non-hydrogen) atoms. The lowest BCUT2D eigenvalue weighted by atomic mass is 10.2. The normalized spacial score (nSPS) is 17.4. The van der Waals surface area contributed by atoms with E-state index >= 15 is 0 Å². The van der Waals surface area contributed by atoms with Crippen molar-refractivity contribution >= 4 is 0 Å². The monoisotopic (exact) mass is 352 g/mol. The lowest BCUT2D eigenvalue weighted by molar-refractivity contribution is -0.490. The summed E-state index contributed by atoms with van der Waals surface area (Å²) >= 11 is 0. The molecule has 128 valence electrons. The van der Waals surface area contributed by atoms with E-state index in [9.17, 15) is 48.3 Å². The molecule has 1 rings (SSSR count). The van der Waals surface area contributed by atoms with Crippen molar-refractivity contribution in [1.82, 2.24) is 0 Å². The van der Waals surface area contributed by atoms with Crippen molar-refractivity contribution in [2.75, 3.05) is 0 Å². The summed E-state index contributed by atoms with van der Waals surface area (Å²) in [7, 11) is 0. The smallest absolute Gasteiger partial charge is 0.462 e. The van der Waals surface area contributed by atoms with Crippen molar-refractivity contribution in [3.05, 3.63) is 24.2 Å². The maximum atomic E-state index is 13.7. The van der Waals surface area contributed by atoms with Crippen LogP contribution in [0.3, 0.4) is 0 Å². The number of hydrogen-bond acceptors (Lipinski definition) is 2. The average molecular weight is 352 g/mol. The third-order valence-electron chi connectivity index (χ3n) is 2.19. The van der Waals surface area contributed by atoms with Crippen LogP contribution < -0.4 is 0 Å². The van der Waals surface area contributed by atoms with Crippen molar-refractivity contribution in [3.63, 3.8) is 0 Å². The molecular weight excluding hydrogens is 349 g/mol. The first-order chi connectivity index (χ1) is 9.56. The summed E-state index contributed by atoms with van der Waals surface area (Å²) in [5.74, 6) is -14.9. The highest BCUT2D eigenvalue weighted by atomic mass is 19.4. The van der Waals surface area contributed by atoms with Gasteiger partial charge in [0.15, 0.2) is 5.76 Å². The molecule has 0 aliphatic rings. The summed E-state index contributed by atoms with van der Waals surface area (Å²) < 4.78 is 143. The summed E-state index contributed by atoms with van der Waals surface area (Å²) in [6.07, 6.45) is -20.0. The van der Waals surface area contributed by atoms with Crippen LogP contribution >= 0.6 is 0 Å². The van der Waals surface area contributed by atoms with E-state index in [4.69, 9.17) is 0 Å². The van der Waals surface area contributed by atoms with E-state index in [1.807, 2.05) is 0 Å². The lowest BCUT2D eigenvalue weighted by Crippen LogP contribution is -2.58. The third-order valence-corrected chi connectivity index (χ3v) is 2.19. The van der Waals surface area contributed by atoms with E-state index in [0.29, 0.717) is 12.3 Å². The van der Waals surface area contributed by atoms with Gasteiger partial charge in [0.2, 0.25) is 0 Å². The zero-order valence-corrected chi connectivity index (χ0v) is 9.71. The van der Waals surface area contributed by atoms with E-state index < -0.39 is 36.0 Å². The molecule has 0 saturated heterocycles. The quantitative estimate of drug-likeness (QED) is 0.729. The van der Waals surface area contributed by atoms with E-state index in [-0.39, 0.29) is 6.07 Å². The van der Waals surface area contributed by atoms with Gasteiger partial charge in [-0.2, -0.15) is 48.3 Å². The summed E-state index contributed by atoms with van der Waals surface area (Å²) in [4.78, 5) is 0. The second-order valence-corrected chi connectivity index (χ2v) is 3.76.